The van der Waals surface area contributed by atoms with E-state index in [-0.39, 0.29) is 5.92 Å². The van der Waals surface area contributed by atoms with Gasteiger partial charge in [0.05, 0.1) is 0 Å². The van der Waals surface area contributed by atoms with Crippen molar-refractivity contribution in [3.8, 4) is 0 Å². The summed E-state index contributed by atoms with van der Waals surface area (Å²) < 4.78 is 0. The Morgan fingerprint density at radius 1 is 1.47 bits per heavy atom. The number of hydrogen-bond donors (Lipinski definition) is 1. The SMILES string of the molecule is CCN(CCCN)C(=O)C1CCCC1C. The molecule has 1 amide bonds. The molecular formula is C12H24N2O. The molecule has 2 N–H and O–H groups in total. The van der Waals surface area contributed by atoms with E-state index >= 15 is 0 Å². The first-order chi connectivity index (χ1) is 7.20. The highest BCUT2D eigenvalue weighted by Crippen LogP contribution is 2.32. The predicted octanol–water partition coefficient (Wildman–Crippen LogP) is 1.62. The van der Waals surface area contributed by atoms with Crippen LogP contribution in [0.3, 0.4) is 0 Å². The maximum atomic E-state index is 12.2. The second-order valence-corrected chi connectivity index (χ2v) is 4.57. The number of carbonyl (C=O) groups is 1. The summed E-state index contributed by atoms with van der Waals surface area (Å²) >= 11 is 0. The van der Waals surface area contributed by atoms with E-state index in [1.807, 2.05) is 11.8 Å². The molecule has 0 aromatic carbocycles. The Labute approximate surface area is 93.0 Å². The summed E-state index contributed by atoms with van der Waals surface area (Å²) in [6.07, 6.45) is 4.43. The summed E-state index contributed by atoms with van der Waals surface area (Å²) in [6, 6.07) is 0. The standard InChI is InChI=1S/C12H24N2O/c1-3-14(9-5-8-13)12(15)11-7-4-6-10(11)2/h10-11H,3-9,13H2,1-2H3. The van der Waals surface area contributed by atoms with Crippen LogP contribution in [0.15, 0.2) is 0 Å². The summed E-state index contributed by atoms with van der Waals surface area (Å²) in [4.78, 5) is 14.1. The molecule has 3 heteroatoms. The molecular weight excluding hydrogens is 188 g/mol. The molecule has 3 nitrogen and oxygen atoms in total. The molecule has 88 valence electrons. The van der Waals surface area contributed by atoms with Crippen molar-refractivity contribution in [3.63, 3.8) is 0 Å². The Balaban J connectivity index is 2.48. The molecule has 0 aliphatic heterocycles. The zero-order chi connectivity index (χ0) is 11.3. The van der Waals surface area contributed by atoms with Gasteiger partial charge in [0, 0.05) is 19.0 Å². The van der Waals surface area contributed by atoms with Crippen LogP contribution < -0.4 is 5.73 Å². The lowest BCUT2D eigenvalue weighted by molar-refractivity contribution is -0.136. The number of carbonyl (C=O) groups excluding carboxylic acids is 1. The van der Waals surface area contributed by atoms with Crippen molar-refractivity contribution in [1.29, 1.82) is 0 Å². The molecule has 15 heavy (non-hydrogen) atoms. The van der Waals surface area contributed by atoms with Gasteiger partial charge in [-0.25, -0.2) is 0 Å². The average molecular weight is 212 g/mol. The van der Waals surface area contributed by atoms with Crippen LogP contribution in [0, 0.1) is 11.8 Å². The monoisotopic (exact) mass is 212 g/mol. The molecule has 0 bridgehead atoms. The Kier molecular flexibility index (Phi) is 5.09. The van der Waals surface area contributed by atoms with Gasteiger partial charge >= 0.3 is 0 Å². The van der Waals surface area contributed by atoms with Crippen LogP contribution >= 0.6 is 0 Å². The number of amides is 1. The third kappa shape index (κ3) is 3.20. The van der Waals surface area contributed by atoms with Crippen LogP contribution in [-0.4, -0.2) is 30.4 Å². The molecule has 1 fully saturated rings. The fraction of sp³-hybridized carbons (Fsp3) is 0.917. The van der Waals surface area contributed by atoms with Crippen molar-refractivity contribution in [2.24, 2.45) is 17.6 Å². The normalized spacial score (nSPS) is 25.5. The molecule has 0 aromatic rings. The number of nitrogens with two attached hydrogens (primary N) is 1. The first kappa shape index (κ1) is 12.5. The van der Waals surface area contributed by atoms with Gasteiger partial charge in [-0.3, -0.25) is 4.79 Å². The van der Waals surface area contributed by atoms with Crippen molar-refractivity contribution in [2.75, 3.05) is 19.6 Å². The van der Waals surface area contributed by atoms with E-state index in [1.54, 1.807) is 0 Å². The minimum absolute atomic E-state index is 0.280. The van der Waals surface area contributed by atoms with Crippen LogP contribution in [0.4, 0.5) is 0 Å². The van der Waals surface area contributed by atoms with Crippen LogP contribution in [0.1, 0.15) is 39.5 Å². The maximum Gasteiger partial charge on any atom is 0.225 e. The van der Waals surface area contributed by atoms with Crippen molar-refractivity contribution in [1.82, 2.24) is 4.90 Å². The molecule has 1 aliphatic rings. The molecule has 0 spiro atoms. The Bertz CT molecular complexity index is 206. The quantitative estimate of drug-likeness (QED) is 0.752. The molecule has 1 rings (SSSR count). The van der Waals surface area contributed by atoms with Crippen molar-refractivity contribution in [3.05, 3.63) is 0 Å². The molecule has 2 unspecified atom stereocenters. The molecule has 0 radical (unpaired) electrons. The molecule has 0 heterocycles. The van der Waals surface area contributed by atoms with E-state index in [0.29, 0.717) is 18.4 Å². The largest absolute Gasteiger partial charge is 0.343 e. The summed E-state index contributed by atoms with van der Waals surface area (Å²) in [7, 11) is 0. The molecule has 0 aromatic heterocycles. The van der Waals surface area contributed by atoms with Gasteiger partial charge < -0.3 is 10.6 Å². The van der Waals surface area contributed by atoms with E-state index in [1.165, 1.54) is 12.8 Å². The van der Waals surface area contributed by atoms with Gasteiger partial charge in [-0.1, -0.05) is 13.3 Å². The lowest BCUT2D eigenvalue weighted by atomic mass is 9.96. The Hall–Kier alpha value is -0.570. The first-order valence-corrected chi connectivity index (χ1v) is 6.19. The van der Waals surface area contributed by atoms with Crippen LogP contribution in [0.5, 0.6) is 0 Å². The van der Waals surface area contributed by atoms with Crippen molar-refractivity contribution < 1.29 is 4.79 Å². The number of nitrogens with zero attached hydrogens (tertiary/aromatic N) is 1. The highest BCUT2D eigenvalue weighted by Gasteiger charge is 2.31. The minimum atomic E-state index is 0.280. The molecule has 1 aliphatic carbocycles. The van der Waals surface area contributed by atoms with E-state index in [4.69, 9.17) is 5.73 Å². The summed E-state index contributed by atoms with van der Waals surface area (Å²) in [6.45, 7) is 6.57. The van der Waals surface area contributed by atoms with Gasteiger partial charge in [-0.15, -0.1) is 0 Å². The predicted molar refractivity (Wildman–Crippen MR) is 62.4 cm³/mol. The highest BCUT2D eigenvalue weighted by atomic mass is 16.2. The van der Waals surface area contributed by atoms with Gasteiger partial charge in [-0.05, 0) is 38.6 Å². The van der Waals surface area contributed by atoms with Gasteiger partial charge in [-0.2, -0.15) is 0 Å². The molecule has 1 saturated carbocycles. The van der Waals surface area contributed by atoms with E-state index in [0.717, 1.165) is 25.9 Å². The lowest BCUT2D eigenvalue weighted by Gasteiger charge is -2.26. The highest BCUT2D eigenvalue weighted by molar-refractivity contribution is 5.79. The molecule has 0 saturated heterocycles. The maximum absolute atomic E-state index is 12.2. The van der Waals surface area contributed by atoms with Crippen LogP contribution in [0.25, 0.3) is 0 Å². The van der Waals surface area contributed by atoms with Gasteiger partial charge in [0.1, 0.15) is 0 Å². The third-order valence-corrected chi connectivity index (χ3v) is 3.50. The summed E-state index contributed by atoms with van der Waals surface area (Å²) in [5, 5.41) is 0. The Morgan fingerprint density at radius 2 is 2.20 bits per heavy atom. The lowest BCUT2D eigenvalue weighted by Crippen LogP contribution is -2.38. The zero-order valence-electron chi connectivity index (χ0n) is 10.0. The minimum Gasteiger partial charge on any atom is -0.343 e. The fourth-order valence-corrected chi connectivity index (χ4v) is 2.45. The first-order valence-electron chi connectivity index (χ1n) is 6.19. The van der Waals surface area contributed by atoms with Gasteiger partial charge in [0.15, 0.2) is 0 Å². The number of rotatable bonds is 5. The van der Waals surface area contributed by atoms with Gasteiger partial charge in [0.2, 0.25) is 5.91 Å². The smallest absolute Gasteiger partial charge is 0.225 e. The fourth-order valence-electron chi connectivity index (χ4n) is 2.45. The van der Waals surface area contributed by atoms with Crippen LogP contribution in [-0.2, 0) is 4.79 Å². The zero-order valence-corrected chi connectivity index (χ0v) is 10.0. The average Bonchev–Trinajstić information content (AvgIpc) is 2.65. The number of hydrogen-bond acceptors (Lipinski definition) is 2. The van der Waals surface area contributed by atoms with E-state index in [2.05, 4.69) is 6.92 Å². The van der Waals surface area contributed by atoms with Crippen molar-refractivity contribution >= 4 is 5.91 Å². The summed E-state index contributed by atoms with van der Waals surface area (Å²) in [5.41, 5.74) is 5.47. The van der Waals surface area contributed by atoms with Crippen molar-refractivity contribution in [2.45, 2.75) is 39.5 Å². The van der Waals surface area contributed by atoms with E-state index in [9.17, 15) is 4.79 Å². The van der Waals surface area contributed by atoms with Crippen LogP contribution in [0.2, 0.25) is 0 Å². The molecule has 2 atom stereocenters. The van der Waals surface area contributed by atoms with E-state index < -0.39 is 0 Å². The summed E-state index contributed by atoms with van der Waals surface area (Å²) in [5.74, 6) is 1.21. The second-order valence-electron chi connectivity index (χ2n) is 4.57. The Morgan fingerprint density at radius 3 is 2.67 bits per heavy atom. The topological polar surface area (TPSA) is 46.3 Å². The second kappa shape index (κ2) is 6.11. The van der Waals surface area contributed by atoms with Gasteiger partial charge in [0.25, 0.3) is 0 Å². The third-order valence-electron chi connectivity index (χ3n) is 3.50.